The van der Waals surface area contributed by atoms with Crippen molar-refractivity contribution in [3.05, 3.63) is 18.0 Å². The van der Waals surface area contributed by atoms with Gasteiger partial charge < -0.3 is 19.8 Å². The number of methoxy groups -OCH3 is 2. The molecule has 0 amide bonds. The summed E-state index contributed by atoms with van der Waals surface area (Å²) < 4.78 is 10.6. The quantitative estimate of drug-likeness (QED) is 0.881. The minimum absolute atomic E-state index is 0.123. The molecule has 110 valence electrons. The summed E-state index contributed by atoms with van der Waals surface area (Å²) in [6.07, 6.45) is 0.858. The number of aromatic amines is 1. The Labute approximate surface area is 119 Å². The van der Waals surface area contributed by atoms with Crippen molar-refractivity contribution in [1.82, 2.24) is 15.3 Å². The lowest BCUT2D eigenvalue weighted by molar-refractivity contribution is 0.356. The van der Waals surface area contributed by atoms with Gasteiger partial charge in [0, 0.05) is 30.6 Å². The number of rotatable bonds is 5. The maximum absolute atomic E-state index is 5.29. The second-order valence-electron chi connectivity index (χ2n) is 5.83. The number of aromatic nitrogens is 2. The van der Waals surface area contributed by atoms with Gasteiger partial charge in [-0.05, 0) is 20.8 Å². The van der Waals surface area contributed by atoms with E-state index >= 15 is 0 Å². The Morgan fingerprint density at radius 3 is 2.40 bits per heavy atom. The molecule has 1 aromatic heterocycles. The number of hydrogen-bond donors (Lipinski definition) is 2. The first-order valence-electron chi connectivity index (χ1n) is 6.78. The Hall–Kier alpha value is -1.75. The van der Waals surface area contributed by atoms with Crippen LogP contribution in [0.4, 0.5) is 0 Å². The van der Waals surface area contributed by atoms with E-state index in [2.05, 4.69) is 36.1 Å². The summed E-state index contributed by atoms with van der Waals surface area (Å²) >= 11 is 0. The Morgan fingerprint density at radius 1 is 1.15 bits per heavy atom. The number of imidazole rings is 1. The number of fused-ring (bicyclic) bond motifs is 1. The van der Waals surface area contributed by atoms with Crippen molar-refractivity contribution in [2.45, 2.75) is 32.7 Å². The topological polar surface area (TPSA) is 59.2 Å². The number of nitrogens with zero attached hydrogens (tertiary/aromatic N) is 1. The van der Waals surface area contributed by atoms with Crippen molar-refractivity contribution in [2.24, 2.45) is 0 Å². The minimum Gasteiger partial charge on any atom is -0.493 e. The van der Waals surface area contributed by atoms with E-state index in [-0.39, 0.29) is 5.54 Å². The molecular formula is C15H23N3O2. The molecule has 0 atom stereocenters. The van der Waals surface area contributed by atoms with Gasteiger partial charge in [0.05, 0.1) is 25.3 Å². The molecule has 5 nitrogen and oxygen atoms in total. The number of hydrogen-bond acceptors (Lipinski definition) is 4. The molecule has 5 heteroatoms. The van der Waals surface area contributed by atoms with Crippen LogP contribution in [0.15, 0.2) is 12.1 Å². The summed E-state index contributed by atoms with van der Waals surface area (Å²) in [5.41, 5.74) is 1.99. The SMILES string of the molecule is COc1cc2nc(CCNC(C)(C)C)[nH]c2cc1OC. The van der Waals surface area contributed by atoms with Gasteiger partial charge in [0.1, 0.15) is 5.82 Å². The highest BCUT2D eigenvalue weighted by atomic mass is 16.5. The van der Waals surface area contributed by atoms with Crippen molar-refractivity contribution in [3.8, 4) is 11.5 Å². The molecule has 0 aliphatic heterocycles. The molecule has 0 saturated heterocycles. The molecule has 0 spiro atoms. The van der Waals surface area contributed by atoms with Crippen LogP contribution < -0.4 is 14.8 Å². The predicted octanol–water partition coefficient (Wildman–Crippen LogP) is 2.51. The maximum Gasteiger partial charge on any atom is 0.163 e. The Kier molecular flexibility index (Phi) is 4.18. The molecule has 0 aliphatic carbocycles. The summed E-state index contributed by atoms with van der Waals surface area (Å²) in [4.78, 5) is 7.91. The smallest absolute Gasteiger partial charge is 0.163 e. The fourth-order valence-corrected chi connectivity index (χ4v) is 2.06. The van der Waals surface area contributed by atoms with Gasteiger partial charge in [-0.2, -0.15) is 0 Å². The summed E-state index contributed by atoms with van der Waals surface area (Å²) in [6, 6.07) is 3.81. The molecule has 1 aromatic carbocycles. The molecule has 2 rings (SSSR count). The van der Waals surface area contributed by atoms with Gasteiger partial charge >= 0.3 is 0 Å². The molecule has 0 radical (unpaired) electrons. The van der Waals surface area contributed by atoms with Gasteiger partial charge in [-0.25, -0.2) is 4.98 Å². The number of benzene rings is 1. The summed E-state index contributed by atoms with van der Waals surface area (Å²) in [5.74, 6) is 2.38. The second-order valence-corrected chi connectivity index (χ2v) is 5.83. The molecule has 0 aliphatic rings. The summed E-state index contributed by atoms with van der Waals surface area (Å²) in [7, 11) is 3.26. The zero-order valence-corrected chi connectivity index (χ0v) is 12.8. The summed E-state index contributed by atoms with van der Waals surface area (Å²) in [6.45, 7) is 7.35. The second kappa shape index (κ2) is 5.71. The van der Waals surface area contributed by atoms with Gasteiger partial charge in [0.2, 0.25) is 0 Å². The first-order chi connectivity index (χ1) is 9.43. The van der Waals surface area contributed by atoms with Gasteiger partial charge in [-0.15, -0.1) is 0 Å². The average molecular weight is 277 g/mol. The highest BCUT2D eigenvalue weighted by Gasteiger charge is 2.11. The van der Waals surface area contributed by atoms with Crippen LogP contribution in [0, 0.1) is 0 Å². The van der Waals surface area contributed by atoms with E-state index in [4.69, 9.17) is 9.47 Å². The van der Waals surface area contributed by atoms with Crippen molar-refractivity contribution in [1.29, 1.82) is 0 Å². The first kappa shape index (κ1) is 14.7. The van der Waals surface area contributed by atoms with E-state index in [0.29, 0.717) is 11.5 Å². The van der Waals surface area contributed by atoms with Gasteiger partial charge in [-0.1, -0.05) is 0 Å². The molecule has 0 fully saturated rings. The van der Waals surface area contributed by atoms with E-state index in [1.165, 1.54) is 0 Å². The Morgan fingerprint density at radius 2 is 1.80 bits per heavy atom. The van der Waals surface area contributed by atoms with Crippen LogP contribution in [0.3, 0.4) is 0 Å². The normalized spacial score (nSPS) is 11.8. The van der Waals surface area contributed by atoms with Crippen LogP contribution in [-0.4, -0.2) is 36.3 Å². The number of ether oxygens (including phenoxy) is 2. The van der Waals surface area contributed by atoms with E-state index in [9.17, 15) is 0 Å². The highest BCUT2D eigenvalue weighted by Crippen LogP contribution is 2.30. The van der Waals surface area contributed by atoms with Crippen LogP contribution >= 0.6 is 0 Å². The fraction of sp³-hybridized carbons (Fsp3) is 0.533. The van der Waals surface area contributed by atoms with Crippen LogP contribution in [0.25, 0.3) is 11.0 Å². The van der Waals surface area contributed by atoms with E-state index in [0.717, 1.165) is 29.8 Å². The van der Waals surface area contributed by atoms with Crippen molar-refractivity contribution < 1.29 is 9.47 Å². The lowest BCUT2D eigenvalue weighted by atomic mass is 10.1. The van der Waals surface area contributed by atoms with E-state index < -0.39 is 0 Å². The molecule has 0 saturated carbocycles. The largest absolute Gasteiger partial charge is 0.493 e. The number of H-pyrrole nitrogens is 1. The zero-order chi connectivity index (χ0) is 14.8. The van der Waals surface area contributed by atoms with E-state index in [1.54, 1.807) is 14.2 Å². The molecule has 1 heterocycles. The van der Waals surface area contributed by atoms with Crippen molar-refractivity contribution in [3.63, 3.8) is 0 Å². The maximum atomic E-state index is 5.29. The van der Waals surface area contributed by atoms with Crippen LogP contribution in [0.5, 0.6) is 11.5 Å². The van der Waals surface area contributed by atoms with Gasteiger partial charge in [0.25, 0.3) is 0 Å². The van der Waals surface area contributed by atoms with Gasteiger partial charge in [-0.3, -0.25) is 0 Å². The Balaban J connectivity index is 2.16. The molecule has 0 bridgehead atoms. The summed E-state index contributed by atoms with van der Waals surface area (Å²) in [5, 5.41) is 3.45. The van der Waals surface area contributed by atoms with Crippen LogP contribution in [0.1, 0.15) is 26.6 Å². The fourth-order valence-electron chi connectivity index (χ4n) is 2.06. The van der Waals surface area contributed by atoms with Gasteiger partial charge in [0.15, 0.2) is 11.5 Å². The predicted molar refractivity (Wildman–Crippen MR) is 80.7 cm³/mol. The van der Waals surface area contributed by atoms with Crippen molar-refractivity contribution >= 4 is 11.0 Å². The van der Waals surface area contributed by atoms with Crippen molar-refractivity contribution in [2.75, 3.05) is 20.8 Å². The third-order valence-corrected chi connectivity index (χ3v) is 3.05. The Bertz CT molecular complexity index is 544. The first-order valence-corrected chi connectivity index (χ1v) is 6.78. The zero-order valence-electron chi connectivity index (χ0n) is 12.8. The van der Waals surface area contributed by atoms with E-state index in [1.807, 2.05) is 12.1 Å². The lowest BCUT2D eigenvalue weighted by Gasteiger charge is -2.19. The molecule has 2 N–H and O–H groups in total. The average Bonchev–Trinajstić information content (AvgIpc) is 2.76. The molecular weight excluding hydrogens is 254 g/mol. The molecule has 0 unspecified atom stereocenters. The molecule has 2 aromatic rings. The van der Waals surface area contributed by atoms with Crippen LogP contribution in [-0.2, 0) is 6.42 Å². The van der Waals surface area contributed by atoms with Crippen LogP contribution in [0.2, 0.25) is 0 Å². The third kappa shape index (κ3) is 3.42. The monoisotopic (exact) mass is 277 g/mol. The molecule has 20 heavy (non-hydrogen) atoms. The third-order valence-electron chi connectivity index (χ3n) is 3.05. The standard InChI is InChI=1S/C15H23N3O2/c1-15(2,3)16-7-6-14-17-10-8-12(19-4)13(20-5)9-11(10)18-14/h8-9,16H,6-7H2,1-5H3,(H,17,18). The lowest BCUT2D eigenvalue weighted by Crippen LogP contribution is -2.37. The highest BCUT2D eigenvalue weighted by molar-refractivity contribution is 5.79. The minimum atomic E-state index is 0.123. The number of nitrogens with one attached hydrogen (secondary N) is 2.